The minimum Gasteiger partial charge on any atom is -0.493 e. The summed E-state index contributed by atoms with van der Waals surface area (Å²) in [7, 11) is 4.74. The molecule has 0 radical (unpaired) electrons. The predicted molar refractivity (Wildman–Crippen MR) is 82.1 cm³/mol. The highest BCUT2D eigenvalue weighted by atomic mass is 16.5. The number of carbonyl (C=O) groups excluding carboxylic acids is 1. The summed E-state index contributed by atoms with van der Waals surface area (Å²) in [5.74, 6) is 2.12. The van der Waals surface area contributed by atoms with Crippen LogP contribution >= 0.6 is 0 Å². The molecule has 2 rings (SSSR count). The summed E-state index contributed by atoms with van der Waals surface area (Å²) in [6, 6.07) is 3.72. The Labute approximate surface area is 125 Å². The van der Waals surface area contributed by atoms with Crippen LogP contribution in [-0.2, 0) is 4.79 Å². The molecule has 1 aliphatic rings. The van der Waals surface area contributed by atoms with Crippen molar-refractivity contribution in [3.63, 3.8) is 0 Å². The number of rotatable bonds is 4. The molecule has 4 nitrogen and oxygen atoms in total. The molecule has 0 N–H and O–H groups in total. The Morgan fingerprint density at radius 3 is 2.24 bits per heavy atom. The van der Waals surface area contributed by atoms with Crippen LogP contribution in [0.15, 0.2) is 17.7 Å². The molecule has 21 heavy (non-hydrogen) atoms. The molecule has 0 saturated heterocycles. The third-order valence-electron chi connectivity index (χ3n) is 3.88. The average Bonchev–Trinajstić information content (AvgIpc) is 2.50. The van der Waals surface area contributed by atoms with E-state index in [1.807, 2.05) is 25.1 Å². The number of allylic oxidation sites excluding steroid dienone is 1. The Morgan fingerprint density at radius 1 is 1.10 bits per heavy atom. The van der Waals surface area contributed by atoms with Crippen LogP contribution in [-0.4, -0.2) is 27.1 Å². The molecule has 114 valence electrons. The Kier molecular flexibility index (Phi) is 4.89. The molecular weight excluding hydrogens is 268 g/mol. The highest BCUT2D eigenvalue weighted by Gasteiger charge is 2.22. The first-order valence-electron chi connectivity index (χ1n) is 7.15. The second kappa shape index (κ2) is 6.66. The van der Waals surface area contributed by atoms with E-state index >= 15 is 0 Å². The molecule has 1 saturated carbocycles. The standard InChI is InChI=1S/C17H22O4/c1-11-6-5-7-13(16(11)18)8-12-9-14(19-2)17(21-4)15(10-12)20-3/h8-11H,5-7H2,1-4H3/b13-8+. The third-order valence-corrected chi connectivity index (χ3v) is 3.88. The van der Waals surface area contributed by atoms with Gasteiger partial charge in [0.2, 0.25) is 5.75 Å². The van der Waals surface area contributed by atoms with Gasteiger partial charge in [0.25, 0.3) is 0 Å². The van der Waals surface area contributed by atoms with E-state index in [0.29, 0.717) is 17.2 Å². The molecule has 1 aromatic rings. The minimum atomic E-state index is 0.118. The smallest absolute Gasteiger partial charge is 0.203 e. The molecular formula is C17H22O4. The molecule has 1 atom stereocenters. The van der Waals surface area contributed by atoms with Gasteiger partial charge in [-0.15, -0.1) is 0 Å². The first kappa shape index (κ1) is 15.4. The van der Waals surface area contributed by atoms with Gasteiger partial charge >= 0.3 is 0 Å². The first-order valence-corrected chi connectivity index (χ1v) is 7.15. The quantitative estimate of drug-likeness (QED) is 0.796. The summed E-state index contributed by atoms with van der Waals surface area (Å²) in [5, 5.41) is 0. The molecule has 1 aromatic carbocycles. The van der Waals surface area contributed by atoms with Crippen molar-refractivity contribution in [2.45, 2.75) is 26.2 Å². The van der Waals surface area contributed by atoms with E-state index in [1.165, 1.54) is 0 Å². The number of carbonyl (C=O) groups is 1. The molecule has 0 spiro atoms. The van der Waals surface area contributed by atoms with Crippen LogP contribution in [0.2, 0.25) is 0 Å². The van der Waals surface area contributed by atoms with Crippen molar-refractivity contribution in [1.29, 1.82) is 0 Å². The van der Waals surface area contributed by atoms with E-state index in [2.05, 4.69) is 0 Å². The zero-order valence-corrected chi connectivity index (χ0v) is 13.1. The minimum absolute atomic E-state index is 0.118. The highest BCUT2D eigenvalue weighted by Crippen LogP contribution is 2.39. The van der Waals surface area contributed by atoms with E-state index in [1.54, 1.807) is 21.3 Å². The van der Waals surface area contributed by atoms with Crippen LogP contribution in [0.3, 0.4) is 0 Å². The molecule has 0 heterocycles. The van der Waals surface area contributed by atoms with Gasteiger partial charge in [-0.05, 0) is 48.6 Å². The maximum absolute atomic E-state index is 12.2. The van der Waals surface area contributed by atoms with Gasteiger partial charge in [-0.25, -0.2) is 0 Å². The van der Waals surface area contributed by atoms with E-state index < -0.39 is 0 Å². The fourth-order valence-electron chi connectivity index (χ4n) is 2.70. The maximum atomic E-state index is 12.2. The van der Waals surface area contributed by atoms with Crippen molar-refractivity contribution in [3.8, 4) is 17.2 Å². The van der Waals surface area contributed by atoms with Gasteiger partial charge < -0.3 is 14.2 Å². The summed E-state index contributed by atoms with van der Waals surface area (Å²) >= 11 is 0. The Bertz CT molecular complexity index is 535. The molecule has 0 amide bonds. The summed E-state index contributed by atoms with van der Waals surface area (Å²) in [6.45, 7) is 1.99. The zero-order valence-electron chi connectivity index (χ0n) is 13.1. The number of methoxy groups -OCH3 is 3. The second-order valence-electron chi connectivity index (χ2n) is 5.29. The molecule has 1 unspecified atom stereocenters. The molecule has 1 aliphatic carbocycles. The second-order valence-corrected chi connectivity index (χ2v) is 5.29. The lowest BCUT2D eigenvalue weighted by Gasteiger charge is -2.19. The van der Waals surface area contributed by atoms with E-state index in [9.17, 15) is 4.79 Å². The molecule has 4 heteroatoms. The highest BCUT2D eigenvalue weighted by molar-refractivity contribution is 6.01. The number of Topliss-reactive ketones (excluding diaryl/α,β-unsaturated/α-hetero) is 1. The van der Waals surface area contributed by atoms with Crippen LogP contribution in [0.25, 0.3) is 6.08 Å². The maximum Gasteiger partial charge on any atom is 0.203 e. The molecule has 1 fully saturated rings. The first-order chi connectivity index (χ1) is 10.1. The molecule has 0 aliphatic heterocycles. The number of hydrogen-bond donors (Lipinski definition) is 0. The SMILES string of the molecule is COc1cc(/C=C2\CCCC(C)C2=O)cc(OC)c1OC. The summed E-state index contributed by atoms with van der Waals surface area (Å²) in [4.78, 5) is 12.2. The van der Waals surface area contributed by atoms with E-state index in [-0.39, 0.29) is 11.7 Å². The lowest BCUT2D eigenvalue weighted by atomic mass is 9.84. The monoisotopic (exact) mass is 290 g/mol. The van der Waals surface area contributed by atoms with Gasteiger partial charge in [-0.1, -0.05) is 6.92 Å². The van der Waals surface area contributed by atoms with Gasteiger partial charge in [-0.2, -0.15) is 0 Å². The van der Waals surface area contributed by atoms with Gasteiger partial charge in [0, 0.05) is 5.92 Å². The van der Waals surface area contributed by atoms with Crippen molar-refractivity contribution >= 4 is 11.9 Å². The molecule has 0 bridgehead atoms. The zero-order chi connectivity index (χ0) is 15.4. The Hall–Kier alpha value is -1.97. The molecule has 0 aromatic heterocycles. The van der Waals surface area contributed by atoms with Crippen LogP contribution < -0.4 is 14.2 Å². The van der Waals surface area contributed by atoms with Crippen LogP contribution in [0.1, 0.15) is 31.7 Å². The fourth-order valence-corrected chi connectivity index (χ4v) is 2.70. The van der Waals surface area contributed by atoms with Crippen molar-refractivity contribution < 1.29 is 19.0 Å². The lowest BCUT2D eigenvalue weighted by molar-refractivity contribution is -0.119. The average molecular weight is 290 g/mol. The predicted octanol–water partition coefficient (Wildman–Crippen LogP) is 3.48. The lowest BCUT2D eigenvalue weighted by Crippen LogP contribution is -2.18. The van der Waals surface area contributed by atoms with Crippen LogP contribution in [0.4, 0.5) is 0 Å². The van der Waals surface area contributed by atoms with Gasteiger partial charge in [-0.3, -0.25) is 4.79 Å². The summed E-state index contributed by atoms with van der Waals surface area (Å²) in [6.07, 6.45) is 4.80. The van der Waals surface area contributed by atoms with Crippen molar-refractivity contribution in [1.82, 2.24) is 0 Å². The topological polar surface area (TPSA) is 44.8 Å². The van der Waals surface area contributed by atoms with Gasteiger partial charge in [0.15, 0.2) is 17.3 Å². The number of ketones is 1. The van der Waals surface area contributed by atoms with Crippen LogP contribution in [0, 0.1) is 5.92 Å². The normalized spacial score (nSPS) is 20.5. The third kappa shape index (κ3) is 3.20. The number of ether oxygens (including phenoxy) is 3. The van der Waals surface area contributed by atoms with Crippen LogP contribution in [0.5, 0.6) is 17.2 Å². The van der Waals surface area contributed by atoms with Gasteiger partial charge in [0.05, 0.1) is 21.3 Å². The van der Waals surface area contributed by atoms with Crippen molar-refractivity contribution in [2.24, 2.45) is 5.92 Å². The van der Waals surface area contributed by atoms with Crippen molar-refractivity contribution in [3.05, 3.63) is 23.3 Å². The van der Waals surface area contributed by atoms with Gasteiger partial charge in [0.1, 0.15) is 0 Å². The summed E-state index contributed by atoms with van der Waals surface area (Å²) < 4.78 is 16.0. The number of benzene rings is 1. The van der Waals surface area contributed by atoms with Crippen molar-refractivity contribution in [2.75, 3.05) is 21.3 Å². The fraction of sp³-hybridized carbons (Fsp3) is 0.471. The van der Waals surface area contributed by atoms with E-state index in [0.717, 1.165) is 30.4 Å². The number of hydrogen-bond acceptors (Lipinski definition) is 4. The Morgan fingerprint density at radius 2 is 1.71 bits per heavy atom. The largest absolute Gasteiger partial charge is 0.493 e. The van der Waals surface area contributed by atoms with E-state index in [4.69, 9.17) is 14.2 Å². The Balaban J connectivity index is 2.42. The summed E-state index contributed by atoms with van der Waals surface area (Å²) in [5.41, 5.74) is 1.77.